The van der Waals surface area contributed by atoms with E-state index in [0.717, 1.165) is 24.0 Å². The predicted molar refractivity (Wildman–Crippen MR) is 63.5 cm³/mol. The highest BCUT2D eigenvalue weighted by Crippen LogP contribution is 2.27. The Hall–Kier alpha value is -0.930. The van der Waals surface area contributed by atoms with Gasteiger partial charge in [-0.15, -0.1) is 0 Å². The lowest BCUT2D eigenvalue weighted by molar-refractivity contribution is 0.106. The third-order valence-electron chi connectivity index (χ3n) is 2.96. The van der Waals surface area contributed by atoms with Crippen molar-refractivity contribution < 1.29 is 9.50 Å². The van der Waals surface area contributed by atoms with Crippen LogP contribution in [0.15, 0.2) is 18.2 Å². The van der Waals surface area contributed by atoms with Crippen LogP contribution in [0.3, 0.4) is 0 Å². The van der Waals surface area contributed by atoms with E-state index >= 15 is 0 Å². The van der Waals surface area contributed by atoms with Gasteiger partial charge in [-0.3, -0.25) is 0 Å². The van der Waals surface area contributed by atoms with Crippen molar-refractivity contribution in [2.75, 3.05) is 6.54 Å². The van der Waals surface area contributed by atoms with Crippen molar-refractivity contribution >= 4 is 0 Å². The summed E-state index contributed by atoms with van der Waals surface area (Å²) < 4.78 is 12.9. The fourth-order valence-corrected chi connectivity index (χ4v) is 2.00. The molecule has 0 radical (unpaired) electrons. The molecule has 16 heavy (non-hydrogen) atoms. The average Bonchev–Trinajstić information content (AvgIpc) is 2.25. The fraction of sp³-hybridized carbons (Fsp3) is 0.538. The normalized spacial score (nSPS) is 14.8. The lowest BCUT2D eigenvalue weighted by atomic mass is 9.90. The molecule has 90 valence electrons. The number of aliphatic hydroxyl groups is 1. The Labute approximate surface area is 96.3 Å². The molecule has 0 heterocycles. The highest BCUT2D eigenvalue weighted by molar-refractivity contribution is 5.29. The quantitative estimate of drug-likeness (QED) is 0.809. The summed E-state index contributed by atoms with van der Waals surface area (Å²) in [5.41, 5.74) is 7.21. The van der Waals surface area contributed by atoms with E-state index in [-0.39, 0.29) is 11.7 Å². The Kier molecular flexibility index (Phi) is 4.90. The van der Waals surface area contributed by atoms with Gasteiger partial charge in [-0.05, 0) is 43.1 Å². The molecule has 0 saturated carbocycles. The zero-order valence-corrected chi connectivity index (χ0v) is 9.91. The van der Waals surface area contributed by atoms with E-state index in [1.807, 2.05) is 0 Å². The van der Waals surface area contributed by atoms with Crippen LogP contribution in [0.1, 0.15) is 37.0 Å². The van der Waals surface area contributed by atoms with E-state index in [9.17, 15) is 9.50 Å². The first-order valence-electron chi connectivity index (χ1n) is 5.74. The molecule has 0 spiro atoms. The van der Waals surface area contributed by atoms with Crippen molar-refractivity contribution in [3.63, 3.8) is 0 Å². The molecule has 0 amide bonds. The molecule has 0 aromatic heterocycles. The van der Waals surface area contributed by atoms with Crippen LogP contribution in [0.25, 0.3) is 0 Å². The molecule has 0 bridgehead atoms. The predicted octanol–water partition coefficient (Wildman–Crippen LogP) is 2.54. The molecule has 3 heteroatoms. The Bertz CT molecular complexity index is 341. The zero-order valence-electron chi connectivity index (χ0n) is 9.91. The monoisotopic (exact) mass is 225 g/mol. The second kappa shape index (κ2) is 5.97. The summed E-state index contributed by atoms with van der Waals surface area (Å²) in [5, 5.41) is 10.2. The smallest absolute Gasteiger partial charge is 0.123 e. The van der Waals surface area contributed by atoms with Crippen LogP contribution in [0, 0.1) is 18.7 Å². The molecule has 3 N–H and O–H groups in total. The number of nitrogens with two attached hydrogens (primary N) is 1. The minimum atomic E-state index is -0.592. The summed E-state index contributed by atoms with van der Waals surface area (Å²) in [4.78, 5) is 0. The van der Waals surface area contributed by atoms with Gasteiger partial charge < -0.3 is 10.8 Å². The highest BCUT2D eigenvalue weighted by Gasteiger charge is 2.20. The van der Waals surface area contributed by atoms with E-state index in [0.29, 0.717) is 6.54 Å². The van der Waals surface area contributed by atoms with Gasteiger partial charge in [0.1, 0.15) is 5.82 Å². The standard InChI is InChI=1S/C13H20FNO/c1-3-4-10(8-15)13(16)12-6-5-11(14)7-9(12)2/h5-7,10,13,16H,3-4,8,15H2,1-2H3. The number of halogens is 1. The van der Waals surface area contributed by atoms with Crippen LogP contribution in [-0.2, 0) is 0 Å². The third kappa shape index (κ3) is 3.03. The Balaban J connectivity index is 2.89. The fourth-order valence-electron chi connectivity index (χ4n) is 2.00. The number of hydrogen-bond donors (Lipinski definition) is 2. The van der Waals surface area contributed by atoms with Crippen LogP contribution in [0.4, 0.5) is 4.39 Å². The van der Waals surface area contributed by atoms with Crippen LogP contribution in [0.2, 0.25) is 0 Å². The summed E-state index contributed by atoms with van der Waals surface area (Å²) in [5.74, 6) is -0.220. The minimum absolute atomic E-state index is 0.0501. The van der Waals surface area contributed by atoms with Gasteiger partial charge in [0.15, 0.2) is 0 Å². The molecule has 2 nitrogen and oxygen atoms in total. The number of aryl methyl sites for hydroxylation is 1. The molecule has 0 fully saturated rings. The molecule has 1 aromatic carbocycles. The van der Waals surface area contributed by atoms with Crippen LogP contribution >= 0.6 is 0 Å². The molecule has 2 atom stereocenters. The summed E-state index contributed by atoms with van der Waals surface area (Å²) in [6.07, 6.45) is 1.28. The summed E-state index contributed by atoms with van der Waals surface area (Å²) in [6, 6.07) is 4.47. The first-order chi connectivity index (χ1) is 7.60. The van der Waals surface area contributed by atoms with Crippen molar-refractivity contribution in [3.8, 4) is 0 Å². The van der Waals surface area contributed by atoms with Crippen molar-refractivity contribution in [1.29, 1.82) is 0 Å². The molecule has 0 saturated heterocycles. The van der Waals surface area contributed by atoms with E-state index in [4.69, 9.17) is 5.73 Å². The Morgan fingerprint density at radius 1 is 1.44 bits per heavy atom. The van der Waals surface area contributed by atoms with Crippen molar-refractivity contribution in [2.45, 2.75) is 32.8 Å². The van der Waals surface area contributed by atoms with E-state index in [2.05, 4.69) is 6.92 Å². The average molecular weight is 225 g/mol. The van der Waals surface area contributed by atoms with Gasteiger partial charge in [-0.1, -0.05) is 19.4 Å². The summed E-state index contributed by atoms with van der Waals surface area (Å²) in [6.45, 7) is 4.32. The van der Waals surface area contributed by atoms with Crippen LogP contribution < -0.4 is 5.73 Å². The number of hydrogen-bond acceptors (Lipinski definition) is 2. The van der Waals surface area contributed by atoms with Gasteiger partial charge in [0.05, 0.1) is 6.10 Å². The van der Waals surface area contributed by atoms with E-state index in [1.165, 1.54) is 12.1 Å². The second-order valence-electron chi connectivity index (χ2n) is 4.23. The minimum Gasteiger partial charge on any atom is -0.388 e. The van der Waals surface area contributed by atoms with Gasteiger partial charge in [-0.2, -0.15) is 0 Å². The molecule has 1 rings (SSSR count). The molecule has 1 aromatic rings. The van der Waals surface area contributed by atoms with Crippen LogP contribution in [-0.4, -0.2) is 11.7 Å². The number of rotatable bonds is 5. The lowest BCUT2D eigenvalue weighted by Crippen LogP contribution is -2.22. The molecule has 0 aliphatic rings. The zero-order chi connectivity index (χ0) is 12.1. The maximum absolute atomic E-state index is 12.9. The molecular formula is C13H20FNO. The Morgan fingerprint density at radius 2 is 2.12 bits per heavy atom. The number of aliphatic hydroxyl groups excluding tert-OH is 1. The van der Waals surface area contributed by atoms with Crippen molar-refractivity contribution in [1.82, 2.24) is 0 Å². The topological polar surface area (TPSA) is 46.2 Å². The maximum Gasteiger partial charge on any atom is 0.123 e. The van der Waals surface area contributed by atoms with Gasteiger partial charge >= 0.3 is 0 Å². The summed E-state index contributed by atoms with van der Waals surface area (Å²) >= 11 is 0. The Morgan fingerprint density at radius 3 is 2.62 bits per heavy atom. The van der Waals surface area contributed by atoms with E-state index < -0.39 is 6.10 Å². The first kappa shape index (κ1) is 13.1. The molecular weight excluding hydrogens is 205 g/mol. The van der Waals surface area contributed by atoms with E-state index in [1.54, 1.807) is 13.0 Å². The molecule has 0 aliphatic carbocycles. The molecule has 0 aliphatic heterocycles. The van der Waals surface area contributed by atoms with Gasteiger partial charge in [-0.25, -0.2) is 4.39 Å². The molecule has 2 unspecified atom stereocenters. The largest absolute Gasteiger partial charge is 0.388 e. The van der Waals surface area contributed by atoms with Crippen LogP contribution in [0.5, 0.6) is 0 Å². The lowest BCUT2D eigenvalue weighted by Gasteiger charge is -2.22. The second-order valence-corrected chi connectivity index (χ2v) is 4.23. The van der Waals surface area contributed by atoms with Gasteiger partial charge in [0, 0.05) is 5.92 Å². The first-order valence-corrected chi connectivity index (χ1v) is 5.74. The highest BCUT2D eigenvalue weighted by atomic mass is 19.1. The SMILES string of the molecule is CCCC(CN)C(O)c1ccc(F)cc1C. The third-order valence-corrected chi connectivity index (χ3v) is 2.96. The van der Waals surface area contributed by atoms with Gasteiger partial charge in [0.25, 0.3) is 0 Å². The maximum atomic E-state index is 12.9. The van der Waals surface area contributed by atoms with Crippen molar-refractivity contribution in [2.24, 2.45) is 11.7 Å². The number of benzene rings is 1. The summed E-state index contributed by atoms with van der Waals surface area (Å²) in [7, 11) is 0. The van der Waals surface area contributed by atoms with Gasteiger partial charge in [0.2, 0.25) is 0 Å². The van der Waals surface area contributed by atoms with Crippen molar-refractivity contribution in [3.05, 3.63) is 35.1 Å².